The first-order chi connectivity index (χ1) is 19.5. The molecule has 0 saturated carbocycles. The van der Waals surface area contributed by atoms with Crippen LogP contribution in [0.25, 0.3) is 21.9 Å². The standard InChI is InChI=1S/C28H20N4O7S2.2Na.2H/c33-25-15-10-20-16-24(40(34,35)36)17-26(41(37,38)39)27(20)28(25)32-31-23-13-8-19(9-14-23)18-6-11-22(12-7-18)30-29-21-4-2-1-3-5-21;;;;/h1-17,33H,(H,34,35,36)(H,37,38,39);;;;/b30-29+,32-31?;;;;. The third-order valence-corrected chi connectivity index (χ3v) is 7.66. The van der Waals surface area contributed by atoms with Gasteiger partial charge in [-0.1, -0.05) is 48.5 Å². The van der Waals surface area contributed by atoms with Crippen LogP contribution in [0, 0.1) is 0 Å². The first-order valence-electron chi connectivity index (χ1n) is 11.8. The number of phenolic OH excluding ortho intramolecular Hbond substituents is 1. The number of hydrogen-bond donors (Lipinski definition) is 3. The molecule has 15 heteroatoms. The third kappa shape index (κ3) is 8.42. The van der Waals surface area contributed by atoms with E-state index in [1.165, 1.54) is 6.07 Å². The monoisotopic (exact) mass is 636 g/mol. The van der Waals surface area contributed by atoms with Crippen molar-refractivity contribution in [3.63, 3.8) is 0 Å². The average Bonchev–Trinajstić information content (AvgIpc) is 2.95. The van der Waals surface area contributed by atoms with Gasteiger partial charge < -0.3 is 5.11 Å². The molecular formula is C28H22N4Na2O7S2. The molecule has 5 aromatic carbocycles. The molecule has 0 amide bonds. The molecule has 5 rings (SSSR count). The van der Waals surface area contributed by atoms with Gasteiger partial charge in [0.1, 0.15) is 16.3 Å². The Hall–Kier alpha value is -2.82. The molecule has 0 aliphatic heterocycles. The number of nitrogens with zero attached hydrogens (tertiary/aromatic N) is 4. The zero-order valence-corrected chi connectivity index (χ0v) is 22.5. The Bertz CT molecular complexity index is 2040. The van der Waals surface area contributed by atoms with Crippen molar-refractivity contribution >= 4 is 113 Å². The second kappa shape index (κ2) is 14.3. The molecule has 3 N–H and O–H groups in total. The van der Waals surface area contributed by atoms with Gasteiger partial charge in [-0.05, 0) is 71.1 Å². The summed E-state index contributed by atoms with van der Waals surface area (Å²) in [6.07, 6.45) is 0. The topological polar surface area (TPSA) is 178 Å². The van der Waals surface area contributed by atoms with Gasteiger partial charge in [-0.3, -0.25) is 9.11 Å². The van der Waals surface area contributed by atoms with E-state index >= 15 is 0 Å². The first kappa shape index (κ1) is 34.7. The van der Waals surface area contributed by atoms with E-state index in [4.69, 9.17) is 0 Å². The maximum absolute atomic E-state index is 12.1. The molecule has 0 spiro atoms. The molecule has 0 radical (unpaired) electrons. The predicted molar refractivity (Wildman–Crippen MR) is 166 cm³/mol. The fourth-order valence-electron chi connectivity index (χ4n) is 3.98. The van der Waals surface area contributed by atoms with Crippen molar-refractivity contribution in [1.29, 1.82) is 0 Å². The van der Waals surface area contributed by atoms with Crippen LogP contribution in [-0.2, 0) is 20.2 Å². The van der Waals surface area contributed by atoms with Gasteiger partial charge in [-0.2, -0.15) is 32.2 Å². The molecule has 0 fully saturated rings. The molecule has 0 aliphatic carbocycles. The Kier molecular flexibility index (Phi) is 11.5. The van der Waals surface area contributed by atoms with Gasteiger partial charge in [0, 0.05) is 5.39 Å². The Labute approximate surface area is 291 Å². The fourth-order valence-corrected chi connectivity index (χ4v) is 5.35. The van der Waals surface area contributed by atoms with Gasteiger partial charge in [0.15, 0.2) is 0 Å². The summed E-state index contributed by atoms with van der Waals surface area (Å²) >= 11 is 0. The average molecular weight is 637 g/mol. The second-order valence-electron chi connectivity index (χ2n) is 8.73. The number of benzene rings is 5. The molecule has 0 unspecified atom stereocenters. The quantitative estimate of drug-likeness (QED) is 0.107. The minimum absolute atomic E-state index is 0. The molecule has 0 bridgehead atoms. The molecule has 0 aliphatic rings. The summed E-state index contributed by atoms with van der Waals surface area (Å²) in [6.45, 7) is 0. The van der Waals surface area contributed by atoms with Crippen LogP contribution in [0.2, 0.25) is 0 Å². The molecule has 210 valence electrons. The molecule has 0 saturated heterocycles. The van der Waals surface area contributed by atoms with Crippen LogP contribution in [0.1, 0.15) is 0 Å². The Balaban J connectivity index is 0.00000253. The van der Waals surface area contributed by atoms with Crippen LogP contribution in [0.4, 0.5) is 22.7 Å². The van der Waals surface area contributed by atoms with E-state index in [2.05, 4.69) is 20.5 Å². The number of rotatable bonds is 7. The van der Waals surface area contributed by atoms with Crippen LogP contribution in [-0.4, -0.2) is 90.2 Å². The van der Waals surface area contributed by atoms with E-state index in [9.17, 15) is 31.0 Å². The summed E-state index contributed by atoms with van der Waals surface area (Å²) < 4.78 is 66.5. The molecule has 43 heavy (non-hydrogen) atoms. The van der Waals surface area contributed by atoms with Crippen molar-refractivity contribution < 1.29 is 31.0 Å². The number of aromatic hydroxyl groups is 1. The zero-order valence-electron chi connectivity index (χ0n) is 20.9. The second-order valence-corrected chi connectivity index (χ2v) is 11.5. The van der Waals surface area contributed by atoms with Crippen LogP contribution < -0.4 is 0 Å². The molecular weight excluding hydrogens is 614 g/mol. The van der Waals surface area contributed by atoms with E-state index in [-0.39, 0.29) is 75.6 Å². The SMILES string of the molecule is O=S(=O)(O)c1cc(S(=O)(=O)O)c2c(N=Nc3ccc(-c4ccc(/N=N/c5ccccc5)cc4)cc3)c(O)ccc2c1.[NaH].[NaH]. The summed E-state index contributed by atoms with van der Waals surface area (Å²) in [4.78, 5) is -1.62. The Morgan fingerprint density at radius 2 is 1.02 bits per heavy atom. The van der Waals surface area contributed by atoms with Crippen molar-refractivity contribution in [2.75, 3.05) is 0 Å². The van der Waals surface area contributed by atoms with Gasteiger partial charge in [-0.15, -0.1) is 5.11 Å². The maximum atomic E-state index is 12.1. The van der Waals surface area contributed by atoms with Crippen molar-refractivity contribution in [1.82, 2.24) is 0 Å². The van der Waals surface area contributed by atoms with Crippen molar-refractivity contribution in [2.45, 2.75) is 9.79 Å². The zero-order chi connectivity index (χ0) is 29.2. The third-order valence-electron chi connectivity index (χ3n) is 5.95. The molecule has 0 heterocycles. The number of hydrogen-bond acceptors (Lipinski definition) is 9. The molecule has 0 aromatic heterocycles. The summed E-state index contributed by atoms with van der Waals surface area (Å²) in [7, 11) is -9.79. The van der Waals surface area contributed by atoms with Gasteiger partial charge in [-0.25, -0.2) is 0 Å². The minimum atomic E-state index is -4.99. The molecule has 5 aromatic rings. The van der Waals surface area contributed by atoms with Crippen molar-refractivity contribution in [3.05, 3.63) is 103 Å². The number of azo groups is 2. The van der Waals surface area contributed by atoms with E-state index in [0.717, 1.165) is 28.9 Å². The molecule has 0 atom stereocenters. The number of fused-ring (bicyclic) bond motifs is 1. The Morgan fingerprint density at radius 1 is 0.535 bits per heavy atom. The van der Waals surface area contributed by atoms with E-state index in [0.29, 0.717) is 17.4 Å². The molecule has 11 nitrogen and oxygen atoms in total. The van der Waals surface area contributed by atoms with E-state index < -0.39 is 35.8 Å². The van der Waals surface area contributed by atoms with Crippen LogP contribution in [0.3, 0.4) is 0 Å². The van der Waals surface area contributed by atoms with Crippen LogP contribution >= 0.6 is 0 Å². The Morgan fingerprint density at radius 3 is 1.51 bits per heavy atom. The van der Waals surface area contributed by atoms with Crippen molar-refractivity contribution in [3.8, 4) is 16.9 Å². The normalized spacial score (nSPS) is 11.9. The van der Waals surface area contributed by atoms with E-state index in [1.54, 1.807) is 24.3 Å². The van der Waals surface area contributed by atoms with Gasteiger partial charge in [0.2, 0.25) is 0 Å². The van der Waals surface area contributed by atoms with Gasteiger partial charge in [0.05, 0.1) is 22.0 Å². The predicted octanol–water partition coefficient (Wildman–Crippen LogP) is 6.24. The summed E-state index contributed by atoms with van der Waals surface area (Å²) in [6, 6.07) is 27.6. The van der Waals surface area contributed by atoms with Crippen LogP contribution in [0.15, 0.2) is 133 Å². The summed E-state index contributed by atoms with van der Waals surface area (Å²) in [5, 5.41) is 26.6. The number of phenols is 1. The van der Waals surface area contributed by atoms with Crippen molar-refractivity contribution in [2.24, 2.45) is 20.5 Å². The fraction of sp³-hybridized carbons (Fsp3) is 0. The summed E-state index contributed by atoms with van der Waals surface area (Å²) in [5.74, 6) is -0.466. The first-order valence-corrected chi connectivity index (χ1v) is 14.7. The summed E-state index contributed by atoms with van der Waals surface area (Å²) in [5.41, 5.74) is 3.25. The van der Waals surface area contributed by atoms with E-state index in [1.807, 2.05) is 54.6 Å². The van der Waals surface area contributed by atoms with Gasteiger partial charge in [0.25, 0.3) is 20.2 Å². The van der Waals surface area contributed by atoms with Gasteiger partial charge >= 0.3 is 59.1 Å². The van der Waals surface area contributed by atoms with Crippen LogP contribution in [0.5, 0.6) is 5.75 Å².